The molecular formula is C15H24N2O2. The van der Waals surface area contributed by atoms with Gasteiger partial charge >= 0.3 is 0 Å². The van der Waals surface area contributed by atoms with Crippen molar-refractivity contribution in [2.24, 2.45) is 11.8 Å². The van der Waals surface area contributed by atoms with Crippen LogP contribution in [0.3, 0.4) is 0 Å². The van der Waals surface area contributed by atoms with Crippen molar-refractivity contribution in [3.8, 4) is 5.75 Å². The summed E-state index contributed by atoms with van der Waals surface area (Å²) in [6, 6.07) is 6.21. The molecule has 1 aliphatic rings. The topological polar surface area (TPSA) is 56.5 Å². The number of hydrazine groups is 1. The van der Waals surface area contributed by atoms with Gasteiger partial charge in [-0.05, 0) is 18.4 Å². The number of para-hydroxylation sites is 1. The average Bonchev–Trinajstić information content (AvgIpc) is 2.87. The summed E-state index contributed by atoms with van der Waals surface area (Å²) in [4.78, 5) is 0. The third-order valence-corrected chi connectivity index (χ3v) is 3.60. The predicted octanol–water partition coefficient (Wildman–Crippen LogP) is 2.19. The van der Waals surface area contributed by atoms with E-state index in [1.165, 1.54) is 5.56 Å². The first kappa shape index (κ1) is 14.3. The fourth-order valence-corrected chi connectivity index (χ4v) is 2.71. The SMILES string of the molecule is CCOC(C(C)C)C(NN)c1cccc2c1OCC2. The van der Waals surface area contributed by atoms with Crippen LogP contribution in [0.5, 0.6) is 5.75 Å². The molecule has 4 heteroatoms. The molecule has 19 heavy (non-hydrogen) atoms. The average molecular weight is 264 g/mol. The Bertz CT molecular complexity index is 421. The van der Waals surface area contributed by atoms with Gasteiger partial charge in [-0.2, -0.15) is 0 Å². The molecule has 2 rings (SSSR count). The number of fused-ring (bicyclic) bond motifs is 1. The van der Waals surface area contributed by atoms with Gasteiger partial charge in [0.2, 0.25) is 0 Å². The second-order valence-electron chi connectivity index (χ2n) is 5.24. The zero-order valence-corrected chi connectivity index (χ0v) is 12.0. The molecule has 2 atom stereocenters. The second-order valence-corrected chi connectivity index (χ2v) is 5.24. The second kappa shape index (κ2) is 6.37. The van der Waals surface area contributed by atoms with Gasteiger partial charge in [0.05, 0.1) is 18.8 Å². The van der Waals surface area contributed by atoms with Crippen LogP contribution in [0.25, 0.3) is 0 Å². The Kier molecular flexibility index (Phi) is 4.80. The summed E-state index contributed by atoms with van der Waals surface area (Å²) in [6.45, 7) is 7.74. The maximum Gasteiger partial charge on any atom is 0.127 e. The Morgan fingerprint density at radius 1 is 1.42 bits per heavy atom. The van der Waals surface area contributed by atoms with Crippen molar-refractivity contribution in [3.63, 3.8) is 0 Å². The zero-order chi connectivity index (χ0) is 13.8. The highest BCUT2D eigenvalue weighted by atomic mass is 16.5. The number of nitrogens with two attached hydrogens (primary N) is 1. The summed E-state index contributed by atoms with van der Waals surface area (Å²) in [5.41, 5.74) is 5.27. The van der Waals surface area contributed by atoms with Crippen molar-refractivity contribution in [3.05, 3.63) is 29.3 Å². The van der Waals surface area contributed by atoms with Gasteiger partial charge in [0.25, 0.3) is 0 Å². The van der Waals surface area contributed by atoms with Crippen molar-refractivity contribution in [2.45, 2.75) is 39.3 Å². The molecule has 2 unspecified atom stereocenters. The Morgan fingerprint density at radius 2 is 2.21 bits per heavy atom. The molecule has 4 nitrogen and oxygen atoms in total. The third kappa shape index (κ3) is 2.91. The van der Waals surface area contributed by atoms with Crippen molar-refractivity contribution < 1.29 is 9.47 Å². The molecule has 0 spiro atoms. The van der Waals surface area contributed by atoms with Gasteiger partial charge in [0.1, 0.15) is 5.75 Å². The zero-order valence-electron chi connectivity index (χ0n) is 12.0. The minimum atomic E-state index is -0.0481. The predicted molar refractivity (Wildman–Crippen MR) is 76.0 cm³/mol. The summed E-state index contributed by atoms with van der Waals surface area (Å²) in [5, 5.41) is 0. The minimum Gasteiger partial charge on any atom is -0.493 e. The molecule has 3 N–H and O–H groups in total. The lowest BCUT2D eigenvalue weighted by Gasteiger charge is -2.30. The van der Waals surface area contributed by atoms with Gasteiger partial charge in [0.15, 0.2) is 0 Å². The van der Waals surface area contributed by atoms with E-state index in [-0.39, 0.29) is 12.1 Å². The van der Waals surface area contributed by atoms with Crippen LogP contribution in [0.15, 0.2) is 18.2 Å². The van der Waals surface area contributed by atoms with Gasteiger partial charge in [-0.3, -0.25) is 11.3 Å². The Balaban J connectivity index is 2.33. The summed E-state index contributed by atoms with van der Waals surface area (Å²) in [7, 11) is 0. The van der Waals surface area contributed by atoms with Gasteiger partial charge in [-0.25, -0.2) is 0 Å². The minimum absolute atomic E-state index is 0.0331. The summed E-state index contributed by atoms with van der Waals surface area (Å²) in [5.74, 6) is 7.14. The molecule has 1 aliphatic heterocycles. The molecule has 0 fully saturated rings. The third-order valence-electron chi connectivity index (χ3n) is 3.60. The first-order valence-electron chi connectivity index (χ1n) is 7.01. The maximum absolute atomic E-state index is 5.87. The molecule has 1 aromatic carbocycles. The lowest BCUT2D eigenvalue weighted by Crippen LogP contribution is -2.41. The Hall–Kier alpha value is -1.10. The van der Waals surface area contributed by atoms with Crippen LogP contribution in [0.2, 0.25) is 0 Å². The molecule has 0 aliphatic carbocycles. The fraction of sp³-hybridized carbons (Fsp3) is 0.600. The van der Waals surface area contributed by atoms with Crippen molar-refractivity contribution >= 4 is 0 Å². The van der Waals surface area contributed by atoms with E-state index in [1.807, 2.05) is 6.92 Å². The van der Waals surface area contributed by atoms with Gasteiger partial charge < -0.3 is 9.47 Å². The summed E-state index contributed by atoms with van der Waals surface area (Å²) >= 11 is 0. The number of hydrogen-bond acceptors (Lipinski definition) is 4. The van der Waals surface area contributed by atoms with Crippen LogP contribution < -0.4 is 16.0 Å². The molecule has 1 aromatic rings. The Labute approximate surface area is 115 Å². The van der Waals surface area contributed by atoms with Crippen LogP contribution >= 0.6 is 0 Å². The molecular weight excluding hydrogens is 240 g/mol. The highest BCUT2D eigenvalue weighted by molar-refractivity contribution is 5.46. The lowest BCUT2D eigenvalue weighted by molar-refractivity contribution is 0.00225. The number of rotatable bonds is 6. The Morgan fingerprint density at radius 3 is 2.84 bits per heavy atom. The lowest BCUT2D eigenvalue weighted by atomic mass is 9.92. The summed E-state index contributed by atoms with van der Waals surface area (Å²) < 4.78 is 11.6. The number of hydrogen-bond donors (Lipinski definition) is 2. The number of nitrogens with one attached hydrogen (secondary N) is 1. The van der Waals surface area contributed by atoms with Crippen molar-refractivity contribution in [1.29, 1.82) is 0 Å². The first-order chi connectivity index (χ1) is 9.19. The molecule has 1 heterocycles. The summed E-state index contributed by atoms with van der Waals surface area (Å²) in [6.07, 6.45) is 1.01. The monoisotopic (exact) mass is 264 g/mol. The van der Waals surface area contributed by atoms with Crippen LogP contribution in [0.1, 0.15) is 37.9 Å². The van der Waals surface area contributed by atoms with E-state index in [2.05, 4.69) is 37.5 Å². The van der Waals surface area contributed by atoms with E-state index < -0.39 is 0 Å². The molecule has 0 saturated carbocycles. The molecule has 0 aromatic heterocycles. The van der Waals surface area contributed by atoms with E-state index in [9.17, 15) is 0 Å². The van der Waals surface area contributed by atoms with Crippen LogP contribution in [0.4, 0.5) is 0 Å². The highest BCUT2D eigenvalue weighted by Crippen LogP contribution is 2.36. The first-order valence-corrected chi connectivity index (χ1v) is 7.01. The van der Waals surface area contributed by atoms with Crippen molar-refractivity contribution in [1.82, 2.24) is 5.43 Å². The molecule has 0 amide bonds. The van der Waals surface area contributed by atoms with E-state index >= 15 is 0 Å². The smallest absolute Gasteiger partial charge is 0.127 e. The van der Waals surface area contributed by atoms with Gasteiger partial charge in [-0.1, -0.05) is 32.0 Å². The molecule has 0 saturated heterocycles. The highest BCUT2D eigenvalue weighted by Gasteiger charge is 2.30. The number of ether oxygens (including phenoxy) is 2. The quantitative estimate of drug-likeness (QED) is 0.611. The normalized spacial score (nSPS) is 17.1. The van der Waals surface area contributed by atoms with E-state index in [4.69, 9.17) is 15.3 Å². The molecule has 106 valence electrons. The fourth-order valence-electron chi connectivity index (χ4n) is 2.71. The standard InChI is InChI=1S/C15H24N2O2/c1-4-18-14(10(2)3)13(17-16)12-7-5-6-11-8-9-19-15(11)12/h5-7,10,13-14,17H,4,8-9,16H2,1-3H3. The van der Waals surface area contributed by atoms with Crippen LogP contribution in [0, 0.1) is 5.92 Å². The van der Waals surface area contributed by atoms with E-state index in [0.717, 1.165) is 24.3 Å². The molecule has 0 radical (unpaired) electrons. The van der Waals surface area contributed by atoms with Crippen molar-refractivity contribution in [2.75, 3.05) is 13.2 Å². The number of benzene rings is 1. The van der Waals surface area contributed by atoms with Crippen LogP contribution in [-0.2, 0) is 11.2 Å². The molecule has 0 bridgehead atoms. The van der Waals surface area contributed by atoms with Gasteiger partial charge in [0, 0.05) is 18.6 Å². The van der Waals surface area contributed by atoms with E-state index in [0.29, 0.717) is 12.5 Å². The van der Waals surface area contributed by atoms with Crippen LogP contribution in [-0.4, -0.2) is 19.3 Å². The maximum atomic E-state index is 5.87. The largest absolute Gasteiger partial charge is 0.493 e. The van der Waals surface area contributed by atoms with E-state index in [1.54, 1.807) is 0 Å². The van der Waals surface area contributed by atoms with Gasteiger partial charge in [-0.15, -0.1) is 0 Å².